The number of hydrogen-bond donors (Lipinski definition) is 2. The van der Waals surface area contributed by atoms with Crippen LogP contribution in [0.1, 0.15) is 45.1 Å². The van der Waals surface area contributed by atoms with E-state index in [0.29, 0.717) is 12.8 Å². The first kappa shape index (κ1) is 19.1. The van der Waals surface area contributed by atoms with Crippen molar-refractivity contribution in [1.29, 1.82) is 0 Å². The van der Waals surface area contributed by atoms with Gasteiger partial charge in [0.25, 0.3) is 0 Å². The van der Waals surface area contributed by atoms with Gasteiger partial charge in [-0.1, -0.05) is 67.4 Å². The highest BCUT2D eigenvalue weighted by molar-refractivity contribution is 7.90. The average Bonchev–Trinajstić information content (AvgIpc) is 2.64. The third kappa shape index (κ3) is 3.85. The molecule has 26 heavy (non-hydrogen) atoms. The summed E-state index contributed by atoms with van der Waals surface area (Å²) in [6.45, 7) is 3.30. The largest absolute Gasteiger partial charge is 0.383 e. The fraction of sp³-hybridized carbons (Fsp3) is 0.429. The summed E-state index contributed by atoms with van der Waals surface area (Å²) in [7, 11) is -3.44. The molecule has 0 unspecified atom stereocenters. The zero-order valence-corrected chi connectivity index (χ0v) is 16.2. The van der Waals surface area contributed by atoms with Gasteiger partial charge < -0.3 is 5.11 Å². The normalized spacial score (nSPS) is 23.9. The monoisotopic (exact) mass is 373 g/mol. The first-order valence-electron chi connectivity index (χ1n) is 9.22. The first-order valence-corrected chi connectivity index (χ1v) is 10.8. The third-order valence-corrected chi connectivity index (χ3v) is 7.15. The quantitative estimate of drug-likeness (QED) is 0.837. The molecule has 3 rings (SSSR count). The van der Waals surface area contributed by atoms with E-state index in [9.17, 15) is 13.5 Å². The Morgan fingerprint density at radius 2 is 1.62 bits per heavy atom. The number of rotatable bonds is 5. The van der Waals surface area contributed by atoms with Crippen molar-refractivity contribution >= 4 is 10.0 Å². The van der Waals surface area contributed by atoms with Gasteiger partial charge in [0.2, 0.25) is 10.0 Å². The molecule has 2 atom stereocenters. The minimum atomic E-state index is -3.44. The molecule has 0 spiro atoms. The molecule has 0 aliphatic heterocycles. The molecule has 0 amide bonds. The van der Waals surface area contributed by atoms with E-state index in [-0.39, 0.29) is 0 Å². The standard InChI is InChI=1S/C21H27NO3S/c1-16(2)26(24,25)22-20-10-6-7-15-21(20,23)19-13-11-18(12-14-19)17-8-4-3-5-9-17/h3-5,8-9,11-14,16,20,22-23H,6-7,10,15H2,1-2H3/t20-,21-/m1/s1. The highest BCUT2D eigenvalue weighted by atomic mass is 32.2. The Hall–Kier alpha value is -1.69. The van der Waals surface area contributed by atoms with Crippen molar-refractivity contribution in [3.8, 4) is 11.1 Å². The maximum absolute atomic E-state index is 12.3. The molecule has 1 fully saturated rings. The van der Waals surface area contributed by atoms with Crippen LogP contribution in [0.2, 0.25) is 0 Å². The van der Waals surface area contributed by atoms with Crippen LogP contribution in [0.15, 0.2) is 54.6 Å². The number of hydrogen-bond acceptors (Lipinski definition) is 3. The van der Waals surface area contributed by atoms with Crippen LogP contribution in [0.4, 0.5) is 0 Å². The smallest absolute Gasteiger partial charge is 0.214 e. The van der Waals surface area contributed by atoms with Crippen LogP contribution in [0, 0.1) is 0 Å². The molecule has 2 N–H and O–H groups in total. The highest BCUT2D eigenvalue weighted by Crippen LogP contribution is 2.38. The second-order valence-electron chi connectivity index (χ2n) is 7.38. The van der Waals surface area contributed by atoms with Gasteiger partial charge in [-0.2, -0.15) is 0 Å². The van der Waals surface area contributed by atoms with E-state index in [1.54, 1.807) is 13.8 Å². The zero-order valence-electron chi connectivity index (χ0n) is 15.4. The van der Waals surface area contributed by atoms with Gasteiger partial charge in [0.05, 0.1) is 11.3 Å². The van der Waals surface area contributed by atoms with E-state index < -0.39 is 26.9 Å². The Bertz CT molecular complexity index is 831. The summed E-state index contributed by atoms with van der Waals surface area (Å²) in [5, 5.41) is 10.9. The van der Waals surface area contributed by atoms with Crippen molar-refractivity contribution in [2.75, 3.05) is 0 Å². The highest BCUT2D eigenvalue weighted by Gasteiger charge is 2.42. The molecule has 1 saturated carbocycles. The van der Waals surface area contributed by atoms with Crippen molar-refractivity contribution in [2.24, 2.45) is 0 Å². The predicted octanol–water partition coefficient (Wildman–Crippen LogP) is 3.81. The lowest BCUT2D eigenvalue weighted by molar-refractivity contribution is -0.0249. The Morgan fingerprint density at radius 3 is 2.23 bits per heavy atom. The van der Waals surface area contributed by atoms with Gasteiger partial charge in [0.1, 0.15) is 5.60 Å². The summed E-state index contributed by atoms with van der Waals surface area (Å²) in [5.41, 5.74) is 1.79. The number of benzene rings is 2. The fourth-order valence-electron chi connectivity index (χ4n) is 3.57. The average molecular weight is 374 g/mol. The minimum absolute atomic E-state index is 0.494. The Labute approximate surface area is 156 Å². The summed E-state index contributed by atoms with van der Waals surface area (Å²) < 4.78 is 27.4. The second-order valence-corrected chi connectivity index (χ2v) is 9.65. The van der Waals surface area contributed by atoms with E-state index in [0.717, 1.165) is 29.5 Å². The van der Waals surface area contributed by atoms with E-state index in [2.05, 4.69) is 4.72 Å². The van der Waals surface area contributed by atoms with Crippen molar-refractivity contribution in [2.45, 2.75) is 56.4 Å². The molecule has 0 radical (unpaired) electrons. The van der Waals surface area contributed by atoms with Crippen LogP contribution in [-0.2, 0) is 15.6 Å². The van der Waals surface area contributed by atoms with Gasteiger partial charge in [-0.05, 0) is 43.4 Å². The van der Waals surface area contributed by atoms with Crippen LogP contribution in [0.5, 0.6) is 0 Å². The van der Waals surface area contributed by atoms with Gasteiger partial charge in [-0.15, -0.1) is 0 Å². The zero-order chi connectivity index (χ0) is 18.8. The summed E-state index contributed by atoms with van der Waals surface area (Å²) in [5.74, 6) is 0. The van der Waals surface area contributed by atoms with E-state index in [1.807, 2.05) is 54.6 Å². The molecule has 0 heterocycles. The van der Waals surface area contributed by atoms with Crippen LogP contribution < -0.4 is 4.72 Å². The van der Waals surface area contributed by atoms with Gasteiger partial charge in [0, 0.05) is 0 Å². The topological polar surface area (TPSA) is 66.4 Å². The number of aliphatic hydroxyl groups is 1. The lowest BCUT2D eigenvalue weighted by atomic mass is 9.76. The summed E-state index contributed by atoms with van der Waals surface area (Å²) >= 11 is 0. The van der Waals surface area contributed by atoms with Crippen LogP contribution in [0.25, 0.3) is 11.1 Å². The predicted molar refractivity (Wildman–Crippen MR) is 105 cm³/mol. The number of nitrogens with one attached hydrogen (secondary N) is 1. The van der Waals surface area contributed by atoms with Gasteiger partial charge in [0.15, 0.2) is 0 Å². The van der Waals surface area contributed by atoms with Crippen molar-refractivity contribution in [3.63, 3.8) is 0 Å². The maximum Gasteiger partial charge on any atom is 0.214 e. The molecular weight excluding hydrogens is 346 g/mol. The molecule has 0 bridgehead atoms. The molecule has 1 aliphatic rings. The molecule has 1 aliphatic carbocycles. The van der Waals surface area contributed by atoms with Crippen molar-refractivity contribution in [1.82, 2.24) is 4.72 Å². The molecule has 2 aromatic carbocycles. The lowest BCUT2D eigenvalue weighted by Gasteiger charge is -2.41. The molecule has 5 heteroatoms. The van der Waals surface area contributed by atoms with E-state index in [1.165, 1.54) is 0 Å². The molecular formula is C21H27NO3S. The van der Waals surface area contributed by atoms with E-state index >= 15 is 0 Å². The maximum atomic E-state index is 12.3. The van der Waals surface area contributed by atoms with Crippen LogP contribution >= 0.6 is 0 Å². The van der Waals surface area contributed by atoms with Crippen molar-refractivity contribution < 1.29 is 13.5 Å². The molecule has 140 valence electrons. The lowest BCUT2D eigenvalue weighted by Crippen LogP contribution is -2.53. The molecule has 0 saturated heterocycles. The van der Waals surface area contributed by atoms with Gasteiger partial charge in [-0.25, -0.2) is 13.1 Å². The summed E-state index contributed by atoms with van der Waals surface area (Å²) in [6, 6.07) is 17.4. The number of sulfonamides is 1. The third-order valence-electron chi connectivity index (χ3n) is 5.30. The summed E-state index contributed by atoms with van der Waals surface area (Å²) in [6.07, 6.45) is 3.00. The Balaban J connectivity index is 1.89. The summed E-state index contributed by atoms with van der Waals surface area (Å²) in [4.78, 5) is 0. The first-order chi connectivity index (χ1) is 12.3. The van der Waals surface area contributed by atoms with Gasteiger partial charge >= 0.3 is 0 Å². The SMILES string of the molecule is CC(C)S(=O)(=O)N[C@@H]1CCCC[C@@]1(O)c1ccc(-c2ccccc2)cc1. The van der Waals surface area contributed by atoms with Crippen LogP contribution in [-0.4, -0.2) is 24.8 Å². The second kappa shape index (κ2) is 7.51. The molecule has 2 aromatic rings. The molecule has 0 aromatic heterocycles. The fourth-order valence-corrected chi connectivity index (χ4v) is 4.56. The minimum Gasteiger partial charge on any atom is -0.383 e. The molecule has 4 nitrogen and oxygen atoms in total. The Kier molecular flexibility index (Phi) is 5.51. The van der Waals surface area contributed by atoms with Gasteiger partial charge in [-0.3, -0.25) is 0 Å². The van der Waals surface area contributed by atoms with Crippen molar-refractivity contribution in [3.05, 3.63) is 60.2 Å². The van der Waals surface area contributed by atoms with E-state index in [4.69, 9.17) is 0 Å². The van der Waals surface area contributed by atoms with Crippen LogP contribution in [0.3, 0.4) is 0 Å². The Morgan fingerprint density at radius 1 is 1.00 bits per heavy atom.